The van der Waals surface area contributed by atoms with Crippen molar-refractivity contribution in [1.29, 1.82) is 0 Å². The second-order valence-corrected chi connectivity index (χ2v) is 6.77. The molecule has 3 rings (SSSR count). The van der Waals surface area contributed by atoms with Gasteiger partial charge in [-0.25, -0.2) is 4.39 Å². The molecule has 1 aliphatic rings. The van der Waals surface area contributed by atoms with Crippen LogP contribution in [0, 0.1) is 5.82 Å². The number of hydrogen-bond donors (Lipinski definition) is 2. The third-order valence-corrected chi connectivity index (χ3v) is 4.96. The number of carbonyl (C=O) groups is 2. The third-order valence-electron chi connectivity index (χ3n) is 4.25. The number of nitrogens with one attached hydrogen (secondary N) is 2. The van der Waals surface area contributed by atoms with Gasteiger partial charge in [0.1, 0.15) is 5.82 Å². The van der Waals surface area contributed by atoms with Gasteiger partial charge in [0.25, 0.3) is 0 Å². The highest BCUT2D eigenvalue weighted by atomic mass is 32.1. The van der Waals surface area contributed by atoms with Crippen LogP contribution >= 0.6 is 11.3 Å². The van der Waals surface area contributed by atoms with Crippen LogP contribution in [0.2, 0.25) is 0 Å². The first-order valence-electron chi connectivity index (χ1n) is 8.24. The van der Waals surface area contributed by atoms with Crippen LogP contribution in [0.5, 0.6) is 0 Å². The van der Waals surface area contributed by atoms with Crippen molar-refractivity contribution in [2.24, 2.45) is 0 Å². The van der Waals surface area contributed by atoms with Crippen molar-refractivity contribution in [3.05, 3.63) is 52.5 Å². The van der Waals surface area contributed by atoms with Crippen LogP contribution in [0.1, 0.15) is 24.4 Å². The van der Waals surface area contributed by atoms with Crippen molar-refractivity contribution in [1.82, 2.24) is 10.2 Å². The molecule has 5 nitrogen and oxygen atoms in total. The first-order valence-corrected chi connectivity index (χ1v) is 9.18. The zero-order valence-corrected chi connectivity index (χ0v) is 14.5. The van der Waals surface area contributed by atoms with E-state index in [-0.39, 0.29) is 11.7 Å². The Morgan fingerprint density at radius 2 is 2.00 bits per heavy atom. The Labute approximate surface area is 149 Å². The molecule has 1 unspecified atom stereocenters. The highest BCUT2D eigenvalue weighted by Crippen LogP contribution is 2.26. The lowest BCUT2D eigenvalue weighted by atomic mass is 10.1. The quantitative estimate of drug-likeness (QED) is 0.805. The molecule has 0 radical (unpaired) electrons. The Hall–Kier alpha value is -2.25. The zero-order chi connectivity index (χ0) is 17.6. The molecule has 2 aromatic rings. The summed E-state index contributed by atoms with van der Waals surface area (Å²) in [4.78, 5) is 26.4. The van der Waals surface area contributed by atoms with Gasteiger partial charge in [-0.2, -0.15) is 11.3 Å². The highest BCUT2D eigenvalue weighted by Gasteiger charge is 2.25. The van der Waals surface area contributed by atoms with Gasteiger partial charge >= 0.3 is 11.8 Å². The summed E-state index contributed by atoms with van der Waals surface area (Å²) in [5, 5.41) is 9.19. The second kappa shape index (κ2) is 8.22. The van der Waals surface area contributed by atoms with Crippen LogP contribution in [-0.2, 0) is 9.59 Å². The predicted molar refractivity (Wildman–Crippen MR) is 95.9 cm³/mol. The van der Waals surface area contributed by atoms with Gasteiger partial charge in [-0.15, -0.1) is 0 Å². The van der Waals surface area contributed by atoms with Crippen LogP contribution in [0.3, 0.4) is 0 Å². The number of benzene rings is 1. The van der Waals surface area contributed by atoms with Crippen molar-refractivity contribution >= 4 is 28.8 Å². The lowest BCUT2D eigenvalue weighted by molar-refractivity contribution is -0.136. The number of thiophene rings is 1. The van der Waals surface area contributed by atoms with Gasteiger partial charge < -0.3 is 10.6 Å². The molecule has 1 aromatic heterocycles. The Kier molecular flexibility index (Phi) is 5.78. The van der Waals surface area contributed by atoms with Crippen LogP contribution < -0.4 is 10.6 Å². The molecule has 1 atom stereocenters. The molecule has 0 spiro atoms. The van der Waals surface area contributed by atoms with Gasteiger partial charge in [-0.3, -0.25) is 14.5 Å². The normalized spacial score (nSPS) is 15.7. The number of anilines is 1. The van der Waals surface area contributed by atoms with E-state index in [1.807, 2.05) is 11.4 Å². The first-order chi connectivity index (χ1) is 12.1. The molecule has 0 bridgehead atoms. The maximum atomic E-state index is 13.1. The number of halogens is 1. The molecule has 1 aromatic carbocycles. The van der Waals surface area contributed by atoms with Crippen LogP contribution in [0.4, 0.5) is 10.1 Å². The van der Waals surface area contributed by atoms with Gasteiger partial charge in [0.15, 0.2) is 0 Å². The van der Waals surface area contributed by atoms with E-state index in [0.717, 1.165) is 31.5 Å². The van der Waals surface area contributed by atoms with Gasteiger partial charge in [-0.05, 0) is 66.5 Å². The van der Waals surface area contributed by atoms with Crippen molar-refractivity contribution in [3.63, 3.8) is 0 Å². The van der Waals surface area contributed by atoms with E-state index in [9.17, 15) is 14.0 Å². The third kappa shape index (κ3) is 4.64. The number of amides is 2. The molecule has 0 saturated carbocycles. The number of rotatable bonds is 5. The number of hydrogen-bond acceptors (Lipinski definition) is 4. The van der Waals surface area contributed by atoms with E-state index in [2.05, 4.69) is 20.9 Å². The van der Waals surface area contributed by atoms with E-state index >= 15 is 0 Å². The fourth-order valence-electron chi connectivity index (χ4n) is 3.00. The van der Waals surface area contributed by atoms with Gasteiger partial charge in [0, 0.05) is 12.2 Å². The molecular weight excluding hydrogens is 341 g/mol. The second-order valence-electron chi connectivity index (χ2n) is 5.99. The summed E-state index contributed by atoms with van der Waals surface area (Å²) >= 11 is 1.62. The van der Waals surface area contributed by atoms with E-state index in [4.69, 9.17) is 0 Å². The first kappa shape index (κ1) is 17.6. The molecule has 0 aliphatic carbocycles. The largest absolute Gasteiger partial charge is 0.346 e. The van der Waals surface area contributed by atoms with E-state index in [1.54, 1.807) is 11.3 Å². The van der Waals surface area contributed by atoms with Gasteiger partial charge in [0.05, 0.1) is 6.04 Å². The SMILES string of the molecule is O=C(NCC(c1ccsc1)N1CCCC1)C(=O)Nc1cccc(F)c1. The van der Waals surface area contributed by atoms with Crippen molar-refractivity contribution < 1.29 is 14.0 Å². The fourth-order valence-corrected chi connectivity index (χ4v) is 3.71. The summed E-state index contributed by atoms with van der Waals surface area (Å²) in [5.41, 5.74) is 1.41. The maximum Gasteiger partial charge on any atom is 0.313 e. The Morgan fingerprint density at radius 3 is 2.68 bits per heavy atom. The minimum absolute atomic E-state index is 0.0691. The van der Waals surface area contributed by atoms with Crippen LogP contribution in [-0.4, -0.2) is 36.3 Å². The lowest BCUT2D eigenvalue weighted by Gasteiger charge is -2.27. The average Bonchev–Trinajstić information content (AvgIpc) is 3.29. The maximum absolute atomic E-state index is 13.1. The van der Waals surface area contributed by atoms with Gasteiger partial charge in [0.2, 0.25) is 0 Å². The fraction of sp³-hybridized carbons (Fsp3) is 0.333. The smallest absolute Gasteiger partial charge is 0.313 e. The summed E-state index contributed by atoms with van der Waals surface area (Å²) in [6.07, 6.45) is 2.29. The van der Waals surface area contributed by atoms with E-state index in [0.29, 0.717) is 6.54 Å². The molecule has 2 amide bonds. The molecule has 2 N–H and O–H groups in total. The molecule has 1 saturated heterocycles. The number of carbonyl (C=O) groups excluding carboxylic acids is 2. The Morgan fingerprint density at radius 1 is 1.20 bits per heavy atom. The molecular formula is C18H20FN3O2S. The van der Waals surface area contributed by atoms with Gasteiger partial charge in [-0.1, -0.05) is 6.07 Å². The predicted octanol–water partition coefficient (Wildman–Crippen LogP) is 2.78. The van der Waals surface area contributed by atoms with Crippen LogP contribution in [0.25, 0.3) is 0 Å². The minimum Gasteiger partial charge on any atom is -0.346 e. The van der Waals surface area contributed by atoms with Crippen molar-refractivity contribution in [2.45, 2.75) is 18.9 Å². The average molecular weight is 361 g/mol. The zero-order valence-electron chi connectivity index (χ0n) is 13.7. The molecule has 1 fully saturated rings. The summed E-state index contributed by atoms with van der Waals surface area (Å²) < 4.78 is 13.1. The van der Waals surface area contributed by atoms with Crippen molar-refractivity contribution in [2.75, 3.05) is 25.0 Å². The molecule has 25 heavy (non-hydrogen) atoms. The molecule has 1 aliphatic heterocycles. The number of nitrogens with zero attached hydrogens (tertiary/aromatic N) is 1. The summed E-state index contributed by atoms with van der Waals surface area (Å²) in [7, 11) is 0. The highest BCUT2D eigenvalue weighted by molar-refractivity contribution is 7.08. The summed E-state index contributed by atoms with van der Waals surface area (Å²) in [6, 6.07) is 7.57. The Balaban J connectivity index is 1.58. The van der Waals surface area contributed by atoms with E-state index < -0.39 is 17.6 Å². The van der Waals surface area contributed by atoms with E-state index in [1.165, 1.54) is 24.3 Å². The summed E-state index contributed by atoms with van der Waals surface area (Å²) in [5.74, 6) is -1.98. The molecule has 2 heterocycles. The monoisotopic (exact) mass is 361 g/mol. The Bertz CT molecular complexity index is 730. The van der Waals surface area contributed by atoms with Crippen LogP contribution in [0.15, 0.2) is 41.1 Å². The van der Waals surface area contributed by atoms with Crippen molar-refractivity contribution in [3.8, 4) is 0 Å². The molecule has 7 heteroatoms. The standard InChI is InChI=1S/C18H20FN3O2S/c19-14-4-3-5-15(10-14)21-18(24)17(23)20-11-16(13-6-9-25-12-13)22-7-1-2-8-22/h3-6,9-10,12,16H,1-2,7-8,11H2,(H,20,23)(H,21,24). The lowest BCUT2D eigenvalue weighted by Crippen LogP contribution is -2.41. The topological polar surface area (TPSA) is 61.4 Å². The summed E-state index contributed by atoms with van der Waals surface area (Å²) in [6.45, 7) is 2.35. The minimum atomic E-state index is -0.795. The molecule has 132 valence electrons. The number of likely N-dealkylation sites (tertiary alicyclic amines) is 1.